The van der Waals surface area contributed by atoms with Gasteiger partial charge in [-0.3, -0.25) is 0 Å². The molecule has 20 rings (SSSR count). The molecule has 0 fully saturated rings. The Morgan fingerprint density at radius 1 is 0.242 bits per heavy atom. The van der Waals surface area contributed by atoms with Crippen LogP contribution in [-0.2, 0) is 21.7 Å². The summed E-state index contributed by atoms with van der Waals surface area (Å²) < 4.78 is 1.18. The van der Waals surface area contributed by atoms with Crippen LogP contribution in [0.1, 0.15) is 94.5 Å². The van der Waals surface area contributed by atoms with Crippen molar-refractivity contribution in [3.63, 3.8) is 0 Å². The van der Waals surface area contributed by atoms with E-state index >= 15 is 0 Å². The number of para-hydroxylation sites is 2. The van der Waals surface area contributed by atoms with Crippen LogP contribution in [0.3, 0.4) is 0 Å². The Balaban J connectivity index is 0.000000115. The minimum Gasteiger partial charge on any atom is -0.356 e. The molecule has 95 heavy (non-hydrogen) atoms. The highest BCUT2D eigenvalue weighted by Gasteiger charge is 2.55. The molecule has 2 nitrogen and oxygen atoms in total. The SMILES string of the molecule is Brc1cccc2c1C1(c3ccccc3-c3ccccc31)c1ccccc1-2.CC1(C)c2ccccc2-c2ccc(N(c3ccccc3)c3cccc4c3C3(c5ccccc5-c5ccccc53)c3ccccc3-4)cc21.CC1(C)c2ccccc2-c2ccc(Nc3ccccc3)cc21. The van der Waals surface area contributed by atoms with Gasteiger partial charge in [-0.2, -0.15) is 0 Å². The molecule has 0 saturated carbocycles. The molecule has 0 heterocycles. The van der Waals surface area contributed by atoms with Crippen LogP contribution < -0.4 is 10.2 Å². The number of rotatable bonds is 5. The predicted octanol–water partition coefficient (Wildman–Crippen LogP) is 24.3. The van der Waals surface area contributed by atoms with Crippen LogP contribution in [0, 0.1) is 0 Å². The molecule has 2 spiro atoms. The second-order valence-corrected chi connectivity index (χ2v) is 28.0. The van der Waals surface area contributed by atoms with E-state index in [0.717, 1.165) is 17.1 Å². The summed E-state index contributed by atoms with van der Waals surface area (Å²) in [6, 6.07) is 120. The first kappa shape index (κ1) is 56.9. The van der Waals surface area contributed by atoms with Gasteiger partial charge in [-0.15, -0.1) is 0 Å². The van der Waals surface area contributed by atoms with E-state index in [-0.39, 0.29) is 16.2 Å². The maximum atomic E-state index is 3.89. The van der Waals surface area contributed by atoms with Crippen molar-refractivity contribution < 1.29 is 0 Å². The Labute approximate surface area is 565 Å². The van der Waals surface area contributed by atoms with Crippen molar-refractivity contribution in [3.05, 3.63) is 399 Å². The highest BCUT2D eigenvalue weighted by atomic mass is 79.9. The maximum Gasteiger partial charge on any atom is 0.0746 e. The number of anilines is 5. The fraction of sp³-hybridized carbons (Fsp3) is 0.0870. The molecule has 1 N–H and O–H groups in total. The Kier molecular flexibility index (Phi) is 12.9. The van der Waals surface area contributed by atoms with E-state index in [0.29, 0.717) is 0 Å². The maximum absolute atomic E-state index is 3.89. The van der Waals surface area contributed by atoms with E-state index in [2.05, 4.69) is 375 Å². The number of fused-ring (bicyclic) bond motifs is 26. The molecule has 3 heteroatoms. The fourth-order valence-electron chi connectivity index (χ4n) is 17.7. The molecule has 0 radical (unpaired) electrons. The topological polar surface area (TPSA) is 15.3 Å². The summed E-state index contributed by atoms with van der Waals surface area (Å²) in [6.07, 6.45) is 0. The van der Waals surface area contributed by atoms with Crippen LogP contribution in [0.25, 0.3) is 66.8 Å². The quantitative estimate of drug-likeness (QED) is 0.185. The minimum absolute atomic E-state index is 0.0559. The van der Waals surface area contributed by atoms with Crippen LogP contribution in [0.2, 0.25) is 0 Å². The van der Waals surface area contributed by atoms with Gasteiger partial charge in [-0.1, -0.05) is 311 Å². The van der Waals surface area contributed by atoms with Crippen molar-refractivity contribution in [1.29, 1.82) is 0 Å². The molecule has 14 aromatic carbocycles. The van der Waals surface area contributed by atoms with Crippen molar-refractivity contribution in [2.45, 2.75) is 49.4 Å². The van der Waals surface area contributed by atoms with Crippen LogP contribution in [0.4, 0.5) is 28.4 Å². The number of nitrogens with zero attached hydrogens (tertiary/aromatic N) is 1. The largest absolute Gasteiger partial charge is 0.356 e. The van der Waals surface area contributed by atoms with Gasteiger partial charge in [0.25, 0.3) is 0 Å². The third-order valence-corrected chi connectivity index (χ3v) is 22.3. The van der Waals surface area contributed by atoms with Crippen LogP contribution in [0.5, 0.6) is 0 Å². The third-order valence-electron chi connectivity index (χ3n) is 21.7. The van der Waals surface area contributed by atoms with Crippen molar-refractivity contribution in [3.8, 4) is 66.8 Å². The summed E-state index contributed by atoms with van der Waals surface area (Å²) in [6.45, 7) is 9.35. The lowest BCUT2D eigenvalue weighted by molar-refractivity contribution is 0.660. The van der Waals surface area contributed by atoms with Gasteiger partial charge >= 0.3 is 0 Å². The third kappa shape index (κ3) is 8.16. The van der Waals surface area contributed by atoms with E-state index in [1.165, 1.54) is 149 Å². The number of benzene rings is 14. The normalized spacial score (nSPS) is 14.7. The molecule has 0 unspecified atom stereocenters. The summed E-state index contributed by atoms with van der Waals surface area (Å²) in [4.78, 5) is 2.51. The van der Waals surface area contributed by atoms with Crippen molar-refractivity contribution in [2.24, 2.45) is 0 Å². The standard InChI is InChI=1S/C46H33N.C25H15Br.C21H19N/c1-45(2)38-22-10-6-17-32(38)36-28-27-31(29-42(36)45)47(30-15-4-3-5-16-30)43-26-14-21-37-35-20-9-13-25-41(35)46(44(37)43)39-23-11-7-18-33(39)34-19-8-12-24-40(34)46;26-23-15-7-11-19-18-10-3-6-14-22(18)25(24(19)23)20-12-4-1-8-16(20)17-9-2-5-13-21(17)25;1-21(2)19-11-7-6-10-17(19)18-13-12-16(14-20(18)21)22-15-8-4-3-5-9-15/h3-29H,1-2H3;1-15H;3-14,22H,1-2H3. The van der Waals surface area contributed by atoms with Crippen molar-refractivity contribution >= 4 is 44.4 Å². The molecule has 0 saturated heterocycles. The molecule has 0 bridgehead atoms. The highest BCUT2D eigenvalue weighted by molar-refractivity contribution is 9.10. The molecule has 14 aromatic rings. The molecule has 0 atom stereocenters. The summed E-state index contributed by atoms with van der Waals surface area (Å²) in [5.74, 6) is 0. The lowest BCUT2D eigenvalue weighted by atomic mass is 9.70. The van der Waals surface area contributed by atoms with Gasteiger partial charge < -0.3 is 10.2 Å². The Morgan fingerprint density at radius 2 is 0.568 bits per heavy atom. The lowest BCUT2D eigenvalue weighted by Crippen LogP contribution is -2.28. The van der Waals surface area contributed by atoms with E-state index in [4.69, 9.17) is 0 Å². The molecular formula is C92H67BrN2. The first-order valence-electron chi connectivity index (χ1n) is 33.3. The fourth-order valence-corrected chi connectivity index (χ4v) is 18.4. The zero-order valence-corrected chi connectivity index (χ0v) is 55.1. The van der Waals surface area contributed by atoms with Gasteiger partial charge in [0.05, 0.1) is 16.5 Å². The van der Waals surface area contributed by atoms with E-state index < -0.39 is 5.41 Å². The van der Waals surface area contributed by atoms with E-state index in [1.54, 1.807) is 0 Å². The second-order valence-electron chi connectivity index (χ2n) is 27.1. The van der Waals surface area contributed by atoms with Crippen LogP contribution in [-0.4, -0.2) is 0 Å². The van der Waals surface area contributed by atoms with Gasteiger partial charge in [0.1, 0.15) is 0 Å². The average Bonchev–Trinajstić information content (AvgIpc) is 1.51. The first-order chi connectivity index (χ1) is 46.6. The van der Waals surface area contributed by atoms with Gasteiger partial charge in [0, 0.05) is 43.6 Å². The minimum atomic E-state index is -0.436. The first-order valence-corrected chi connectivity index (χ1v) is 34.1. The molecule has 0 aliphatic heterocycles. The van der Waals surface area contributed by atoms with Gasteiger partial charge in [-0.25, -0.2) is 0 Å². The summed E-state index contributed by atoms with van der Waals surface area (Å²) in [5, 5.41) is 3.50. The molecular weight excluding hydrogens is 1210 g/mol. The number of nitrogens with one attached hydrogen (secondary N) is 1. The van der Waals surface area contributed by atoms with E-state index in [9.17, 15) is 0 Å². The summed E-state index contributed by atoms with van der Waals surface area (Å²) >= 11 is 3.89. The lowest BCUT2D eigenvalue weighted by Gasteiger charge is -2.36. The van der Waals surface area contributed by atoms with Crippen LogP contribution in [0.15, 0.2) is 332 Å². The predicted molar refractivity (Wildman–Crippen MR) is 399 cm³/mol. The zero-order valence-electron chi connectivity index (χ0n) is 53.5. The number of halogens is 1. The summed E-state index contributed by atoms with van der Waals surface area (Å²) in [5.41, 5.74) is 37.7. The Morgan fingerprint density at radius 3 is 1.03 bits per heavy atom. The smallest absolute Gasteiger partial charge is 0.0746 e. The summed E-state index contributed by atoms with van der Waals surface area (Å²) in [7, 11) is 0. The van der Waals surface area contributed by atoms with Crippen LogP contribution >= 0.6 is 15.9 Å². The van der Waals surface area contributed by atoms with Gasteiger partial charge in [0.15, 0.2) is 0 Å². The zero-order chi connectivity index (χ0) is 63.8. The Hall–Kier alpha value is -10.8. The second kappa shape index (κ2) is 21.6. The number of hydrogen-bond acceptors (Lipinski definition) is 2. The van der Waals surface area contributed by atoms with E-state index in [1.807, 2.05) is 6.07 Å². The molecule has 6 aliphatic carbocycles. The van der Waals surface area contributed by atoms with Gasteiger partial charge in [-0.05, 0) is 189 Å². The van der Waals surface area contributed by atoms with Gasteiger partial charge in [0.2, 0.25) is 0 Å². The molecule has 0 amide bonds. The molecule has 6 aliphatic rings. The molecule has 452 valence electrons. The Bertz CT molecular complexity index is 5310. The highest BCUT2D eigenvalue weighted by Crippen LogP contribution is 2.67. The van der Waals surface area contributed by atoms with Crippen molar-refractivity contribution in [2.75, 3.05) is 10.2 Å². The number of hydrogen-bond donors (Lipinski definition) is 1. The average molecular weight is 1280 g/mol. The molecule has 0 aromatic heterocycles. The monoisotopic (exact) mass is 1280 g/mol. The van der Waals surface area contributed by atoms with Crippen molar-refractivity contribution in [1.82, 2.24) is 0 Å².